The Kier molecular flexibility index (Phi) is 4.15. The number of nitrogens with two attached hydrogens (primary N) is 1. The van der Waals surface area contributed by atoms with Gasteiger partial charge in [0.05, 0.1) is 5.69 Å². The standard InChI is InChI=1S/C13H22N2OS/c1-8-4-5-11(7-14)12(6-8)17-13-15-9(2)10(3)16-13/h8,11-12H,4-7,14H2,1-3H3. The zero-order chi connectivity index (χ0) is 12.4. The van der Waals surface area contributed by atoms with Crippen molar-refractivity contribution < 1.29 is 4.42 Å². The van der Waals surface area contributed by atoms with Crippen LogP contribution in [0.4, 0.5) is 0 Å². The van der Waals surface area contributed by atoms with Crippen molar-refractivity contribution >= 4 is 11.8 Å². The van der Waals surface area contributed by atoms with Crippen molar-refractivity contribution in [3.63, 3.8) is 0 Å². The molecular formula is C13H22N2OS. The van der Waals surface area contributed by atoms with E-state index in [1.54, 1.807) is 11.8 Å². The van der Waals surface area contributed by atoms with E-state index in [1.165, 1.54) is 19.3 Å². The van der Waals surface area contributed by atoms with Crippen LogP contribution in [0.2, 0.25) is 0 Å². The first kappa shape index (κ1) is 13.0. The minimum Gasteiger partial charge on any atom is -0.437 e. The van der Waals surface area contributed by atoms with E-state index in [9.17, 15) is 0 Å². The molecule has 96 valence electrons. The van der Waals surface area contributed by atoms with Crippen LogP contribution in [0.25, 0.3) is 0 Å². The summed E-state index contributed by atoms with van der Waals surface area (Å²) < 4.78 is 5.66. The Morgan fingerprint density at radius 1 is 1.41 bits per heavy atom. The highest BCUT2D eigenvalue weighted by Crippen LogP contribution is 2.39. The average Bonchev–Trinajstić information content (AvgIpc) is 2.58. The van der Waals surface area contributed by atoms with Crippen molar-refractivity contribution in [2.45, 2.75) is 50.5 Å². The third-order valence-corrected chi connectivity index (χ3v) is 5.01. The van der Waals surface area contributed by atoms with Crippen molar-refractivity contribution in [2.75, 3.05) is 6.54 Å². The van der Waals surface area contributed by atoms with Gasteiger partial charge in [0.15, 0.2) is 0 Å². The fraction of sp³-hybridized carbons (Fsp3) is 0.769. The molecule has 3 atom stereocenters. The van der Waals surface area contributed by atoms with Gasteiger partial charge in [-0.05, 0) is 45.1 Å². The molecule has 1 aliphatic carbocycles. The largest absolute Gasteiger partial charge is 0.437 e. The molecule has 1 aliphatic rings. The number of hydrogen-bond donors (Lipinski definition) is 1. The summed E-state index contributed by atoms with van der Waals surface area (Å²) in [5.41, 5.74) is 6.86. The molecule has 1 heterocycles. The Morgan fingerprint density at radius 3 is 2.76 bits per heavy atom. The molecule has 0 radical (unpaired) electrons. The van der Waals surface area contributed by atoms with Crippen molar-refractivity contribution in [2.24, 2.45) is 17.6 Å². The highest BCUT2D eigenvalue weighted by Gasteiger charge is 2.29. The molecule has 1 saturated carbocycles. The van der Waals surface area contributed by atoms with Crippen LogP contribution in [-0.4, -0.2) is 16.8 Å². The second-order valence-corrected chi connectivity index (χ2v) is 6.38. The summed E-state index contributed by atoms with van der Waals surface area (Å²) in [5.74, 6) is 2.34. The fourth-order valence-electron chi connectivity index (χ4n) is 2.43. The minimum atomic E-state index is 0.571. The van der Waals surface area contributed by atoms with Gasteiger partial charge in [-0.25, -0.2) is 4.98 Å². The van der Waals surface area contributed by atoms with Gasteiger partial charge in [-0.3, -0.25) is 0 Å². The highest BCUT2D eigenvalue weighted by molar-refractivity contribution is 7.99. The number of aromatic nitrogens is 1. The summed E-state index contributed by atoms with van der Waals surface area (Å²) in [6.45, 7) is 7.07. The first-order valence-electron chi connectivity index (χ1n) is 6.41. The molecule has 2 N–H and O–H groups in total. The second kappa shape index (κ2) is 5.44. The van der Waals surface area contributed by atoms with Gasteiger partial charge in [-0.2, -0.15) is 0 Å². The number of rotatable bonds is 3. The quantitative estimate of drug-likeness (QED) is 0.900. The van der Waals surface area contributed by atoms with Crippen molar-refractivity contribution in [3.8, 4) is 0 Å². The monoisotopic (exact) mass is 254 g/mol. The SMILES string of the molecule is Cc1nc(SC2CC(C)CCC2CN)oc1C. The van der Waals surface area contributed by atoms with Crippen molar-refractivity contribution in [1.29, 1.82) is 0 Å². The molecule has 0 aromatic carbocycles. The number of thioether (sulfide) groups is 1. The van der Waals surface area contributed by atoms with Gasteiger partial charge in [0.2, 0.25) is 0 Å². The molecule has 0 bridgehead atoms. The molecule has 3 nitrogen and oxygen atoms in total. The smallest absolute Gasteiger partial charge is 0.256 e. The summed E-state index contributed by atoms with van der Waals surface area (Å²) in [4.78, 5) is 4.45. The van der Waals surface area contributed by atoms with Gasteiger partial charge in [0.25, 0.3) is 5.22 Å². The number of hydrogen-bond acceptors (Lipinski definition) is 4. The Labute approximate surface area is 108 Å². The molecule has 3 unspecified atom stereocenters. The molecule has 0 aliphatic heterocycles. The van der Waals surface area contributed by atoms with Gasteiger partial charge < -0.3 is 10.2 Å². The van der Waals surface area contributed by atoms with E-state index < -0.39 is 0 Å². The first-order chi connectivity index (χ1) is 8.10. The zero-order valence-corrected chi connectivity index (χ0v) is 11.7. The van der Waals surface area contributed by atoms with Gasteiger partial charge >= 0.3 is 0 Å². The minimum absolute atomic E-state index is 0.571. The first-order valence-corrected chi connectivity index (χ1v) is 7.29. The lowest BCUT2D eigenvalue weighted by Crippen LogP contribution is -2.31. The highest BCUT2D eigenvalue weighted by atomic mass is 32.2. The van der Waals surface area contributed by atoms with E-state index >= 15 is 0 Å². The van der Waals surface area contributed by atoms with E-state index in [0.29, 0.717) is 11.2 Å². The summed E-state index contributed by atoms with van der Waals surface area (Å²) >= 11 is 1.78. The van der Waals surface area contributed by atoms with Crippen LogP contribution in [0.1, 0.15) is 37.6 Å². The van der Waals surface area contributed by atoms with Gasteiger partial charge in [-0.15, -0.1) is 0 Å². The maximum absolute atomic E-state index is 5.86. The second-order valence-electron chi connectivity index (χ2n) is 5.19. The van der Waals surface area contributed by atoms with Gasteiger partial charge in [0, 0.05) is 5.25 Å². The summed E-state index contributed by atoms with van der Waals surface area (Å²) in [7, 11) is 0. The summed E-state index contributed by atoms with van der Waals surface area (Å²) in [5, 5.41) is 1.39. The lowest BCUT2D eigenvalue weighted by atomic mass is 9.82. The van der Waals surface area contributed by atoms with E-state index in [4.69, 9.17) is 10.2 Å². The Hall–Kier alpha value is -0.480. The van der Waals surface area contributed by atoms with Crippen LogP contribution in [0.3, 0.4) is 0 Å². The van der Waals surface area contributed by atoms with Crippen LogP contribution < -0.4 is 5.73 Å². The van der Waals surface area contributed by atoms with Crippen LogP contribution in [-0.2, 0) is 0 Å². The van der Waals surface area contributed by atoms with E-state index in [-0.39, 0.29) is 0 Å². The summed E-state index contributed by atoms with van der Waals surface area (Å²) in [6, 6.07) is 0. The molecule has 0 spiro atoms. The Balaban J connectivity index is 2.04. The molecule has 2 rings (SSSR count). The summed E-state index contributed by atoms with van der Waals surface area (Å²) in [6.07, 6.45) is 3.78. The lowest BCUT2D eigenvalue weighted by molar-refractivity contribution is 0.304. The van der Waals surface area contributed by atoms with Gasteiger partial charge in [-0.1, -0.05) is 25.1 Å². The molecule has 1 fully saturated rings. The van der Waals surface area contributed by atoms with E-state index in [1.807, 2.05) is 13.8 Å². The molecule has 4 heteroatoms. The molecular weight excluding hydrogens is 232 g/mol. The molecule has 0 amide bonds. The zero-order valence-electron chi connectivity index (χ0n) is 10.9. The molecule has 0 saturated heterocycles. The predicted molar refractivity (Wildman–Crippen MR) is 71.2 cm³/mol. The van der Waals surface area contributed by atoms with Crippen LogP contribution in [0, 0.1) is 25.7 Å². The maximum atomic E-state index is 5.86. The van der Waals surface area contributed by atoms with Crippen molar-refractivity contribution in [1.82, 2.24) is 4.98 Å². The van der Waals surface area contributed by atoms with E-state index in [2.05, 4.69) is 11.9 Å². The third-order valence-electron chi connectivity index (χ3n) is 3.75. The fourth-order valence-corrected chi connectivity index (χ4v) is 3.91. The van der Waals surface area contributed by atoms with Crippen molar-refractivity contribution in [3.05, 3.63) is 11.5 Å². The number of aryl methyl sites for hydroxylation is 2. The van der Waals surface area contributed by atoms with Gasteiger partial charge in [0.1, 0.15) is 5.76 Å². The van der Waals surface area contributed by atoms with Crippen LogP contribution in [0.15, 0.2) is 9.64 Å². The third kappa shape index (κ3) is 3.05. The Bertz CT molecular complexity index is 358. The van der Waals surface area contributed by atoms with E-state index in [0.717, 1.165) is 29.1 Å². The Morgan fingerprint density at radius 2 is 2.18 bits per heavy atom. The molecule has 1 aromatic heterocycles. The molecule has 17 heavy (non-hydrogen) atoms. The predicted octanol–water partition coefficient (Wildman–Crippen LogP) is 3.15. The van der Waals surface area contributed by atoms with Crippen LogP contribution >= 0.6 is 11.8 Å². The maximum Gasteiger partial charge on any atom is 0.256 e. The number of oxazole rings is 1. The normalized spacial score (nSPS) is 29.5. The number of nitrogens with zero attached hydrogens (tertiary/aromatic N) is 1. The molecule has 1 aromatic rings. The topological polar surface area (TPSA) is 52.0 Å². The average molecular weight is 254 g/mol. The lowest BCUT2D eigenvalue weighted by Gasteiger charge is -2.32. The van der Waals surface area contributed by atoms with Crippen LogP contribution in [0.5, 0.6) is 0 Å².